The number of carbonyl (C=O) groups is 2. The van der Waals surface area contributed by atoms with E-state index in [1.807, 2.05) is 0 Å². The summed E-state index contributed by atoms with van der Waals surface area (Å²) < 4.78 is 19.6. The van der Waals surface area contributed by atoms with Crippen LogP contribution in [0.25, 0.3) is 0 Å². The molecule has 1 aliphatic rings. The molecule has 1 aliphatic carbocycles. The highest BCUT2D eigenvalue weighted by atomic mass is 35.5. The highest BCUT2D eigenvalue weighted by molar-refractivity contribution is 6.31. The van der Waals surface area contributed by atoms with E-state index in [2.05, 4.69) is 10.3 Å². The van der Waals surface area contributed by atoms with Gasteiger partial charge in [0.15, 0.2) is 11.6 Å². The van der Waals surface area contributed by atoms with Gasteiger partial charge in [-0.1, -0.05) is 47.5 Å². The van der Waals surface area contributed by atoms with E-state index in [4.69, 9.17) is 27.9 Å². The van der Waals surface area contributed by atoms with E-state index >= 15 is 0 Å². The van der Waals surface area contributed by atoms with Gasteiger partial charge in [-0.3, -0.25) is 9.59 Å². The van der Waals surface area contributed by atoms with Gasteiger partial charge in [0.25, 0.3) is 5.91 Å². The number of aromatic nitrogens is 1. The number of carboxylic acid groups (broad SMARTS) is 1. The number of pyridine rings is 1. The molecule has 0 aliphatic heterocycles. The van der Waals surface area contributed by atoms with Gasteiger partial charge in [0, 0.05) is 17.3 Å². The van der Waals surface area contributed by atoms with E-state index in [1.165, 1.54) is 30.5 Å². The third kappa shape index (κ3) is 4.47. The first kappa shape index (κ1) is 21.8. The Morgan fingerprint density at radius 2 is 2.03 bits per heavy atom. The lowest BCUT2D eigenvalue weighted by molar-refractivity contribution is -0.147. The van der Waals surface area contributed by atoms with Crippen molar-refractivity contribution in [1.29, 1.82) is 0 Å². The topological polar surface area (TPSA) is 88.5 Å². The summed E-state index contributed by atoms with van der Waals surface area (Å²) in [6.07, 6.45) is 8.08. The lowest BCUT2D eigenvalue weighted by atomic mass is 9.75. The van der Waals surface area contributed by atoms with Crippen molar-refractivity contribution in [2.75, 3.05) is 0 Å². The van der Waals surface area contributed by atoms with Crippen LogP contribution in [0.5, 0.6) is 11.6 Å². The highest BCUT2D eigenvalue weighted by Crippen LogP contribution is 2.33. The first-order valence-corrected chi connectivity index (χ1v) is 9.65. The molecular weight excluding hydrogens is 434 g/mol. The molecule has 30 heavy (non-hydrogen) atoms. The van der Waals surface area contributed by atoms with E-state index in [9.17, 15) is 19.1 Å². The van der Waals surface area contributed by atoms with Gasteiger partial charge in [0.2, 0.25) is 5.88 Å². The number of allylic oxidation sites excluding steroid dienone is 3. The van der Waals surface area contributed by atoms with Gasteiger partial charge in [0.1, 0.15) is 11.0 Å². The minimum atomic E-state index is -1.31. The van der Waals surface area contributed by atoms with Crippen LogP contribution in [-0.4, -0.2) is 28.0 Å². The zero-order valence-corrected chi connectivity index (χ0v) is 17.2. The molecule has 2 aromatic rings. The van der Waals surface area contributed by atoms with E-state index in [1.54, 1.807) is 25.2 Å². The molecule has 6 nitrogen and oxygen atoms in total. The summed E-state index contributed by atoms with van der Waals surface area (Å²) in [5.74, 6) is -2.83. The summed E-state index contributed by atoms with van der Waals surface area (Å²) in [7, 11) is 0. The fourth-order valence-corrected chi connectivity index (χ4v) is 3.35. The number of halogens is 3. The van der Waals surface area contributed by atoms with Crippen molar-refractivity contribution in [3.8, 4) is 11.6 Å². The lowest BCUT2D eigenvalue weighted by Crippen LogP contribution is -2.49. The Labute approximate surface area is 182 Å². The average molecular weight is 451 g/mol. The molecule has 0 fully saturated rings. The van der Waals surface area contributed by atoms with Gasteiger partial charge in [-0.25, -0.2) is 9.37 Å². The monoisotopic (exact) mass is 450 g/mol. The number of aliphatic carboxylic acids is 1. The number of amides is 1. The number of nitrogens with zero attached hydrogens (tertiary/aromatic N) is 1. The van der Waals surface area contributed by atoms with E-state index in [0.29, 0.717) is 0 Å². The van der Waals surface area contributed by atoms with Crippen LogP contribution in [0.2, 0.25) is 10.0 Å². The van der Waals surface area contributed by atoms with Gasteiger partial charge in [-0.05, 0) is 37.6 Å². The number of benzene rings is 1. The van der Waals surface area contributed by atoms with E-state index in [0.717, 1.165) is 6.07 Å². The zero-order chi connectivity index (χ0) is 21.9. The number of nitrogens with one attached hydrogen (secondary N) is 1. The molecule has 0 spiro atoms. The number of carbonyl (C=O) groups excluding carboxylic acids is 1. The van der Waals surface area contributed by atoms with Crippen LogP contribution < -0.4 is 10.1 Å². The molecule has 1 aromatic carbocycles. The maximum atomic E-state index is 14.1. The van der Waals surface area contributed by atoms with E-state index in [-0.39, 0.29) is 33.7 Å². The predicted molar refractivity (Wildman–Crippen MR) is 111 cm³/mol. The van der Waals surface area contributed by atoms with Crippen LogP contribution in [0, 0.1) is 11.2 Å². The van der Waals surface area contributed by atoms with Crippen LogP contribution in [0.4, 0.5) is 4.39 Å². The molecule has 0 radical (unpaired) electrons. The summed E-state index contributed by atoms with van der Waals surface area (Å²) in [6.45, 7) is 1.59. The Morgan fingerprint density at radius 1 is 1.27 bits per heavy atom. The number of hydrogen-bond donors (Lipinski definition) is 2. The molecule has 0 bridgehead atoms. The summed E-state index contributed by atoms with van der Waals surface area (Å²) in [4.78, 5) is 28.8. The number of rotatable bonds is 6. The molecule has 2 N–H and O–H groups in total. The highest BCUT2D eigenvalue weighted by Gasteiger charge is 2.42. The number of ether oxygens (including phenoxy) is 1. The Kier molecular flexibility index (Phi) is 6.43. The third-order valence-electron chi connectivity index (χ3n) is 4.78. The molecule has 0 saturated heterocycles. The molecule has 1 heterocycles. The van der Waals surface area contributed by atoms with Crippen molar-refractivity contribution in [2.45, 2.75) is 19.4 Å². The molecule has 156 valence electrons. The fourth-order valence-electron chi connectivity index (χ4n) is 3.04. The van der Waals surface area contributed by atoms with Gasteiger partial charge in [-0.15, -0.1) is 0 Å². The smallest absolute Gasteiger partial charge is 0.315 e. The average Bonchev–Trinajstić information content (AvgIpc) is 2.71. The first-order chi connectivity index (χ1) is 14.2. The summed E-state index contributed by atoms with van der Waals surface area (Å²) in [6, 6.07) is 4.33. The van der Waals surface area contributed by atoms with E-state index < -0.39 is 29.2 Å². The van der Waals surface area contributed by atoms with Crippen molar-refractivity contribution in [1.82, 2.24) is 10.3 Å². The Bertz CT molecular complexity index is 1060. The van der Waals surface area contributed by atoms with Crippen molar-refractivity contribution in [3.63, 3.8) is 0 Å². The lowest BCUT2D eigenvalue weighted by Gasteiger charge is -2.33. The Hall–Kier alpha value is -2.90. The second-order valence-electron chi connectivity index (χ2n) is 6.72. The standard InChI is InChI=1S/C21H17Cl2FN2O4/c1-12(21(20(28)29)7-3-2-4-8-21)26-18(27)15-9-14(23)11-25-19(15)30-17-6-5-13(22)10-16(17)24/h2-7,9-12H,8H2,1H3,(H,26,27)(H,28,29). The Morgan fingerprint density at radius 3 is 2.67 bits per heavy atom. The summed E-state index contributed by atoms with van der Waals surface area (Å²) >= 11 is 11.7. The molecular formula is C21H17Cl2FN2O4. The Balaban J connectivity index is 1.88. The molecule has 3 rings (SSSR count). The first-order valence-electron chi connectivity index (χ1n) is 8.90. The predicted octanol–water partition coefficient (Wildman–Crippen LogP) is 5.03. The van der Waals surface area contributed by atoms with Crippen molar-refractivity contribution >= 4 is 35.1 Å². The zero-order valence-electron chi connectivity index (χ0n) is 15.7. The second-order valence-corrected chi connectivity index (χ2v) is 7.59. The summed E-state index contributed by atoms with van der Waals surface area (Å²) in [5.41, 5.74) is -1.38. The molecule has 1 amide bonds. The maximum absolute atomic E-state index is 14.1. The van der Waals surface area contributed by atoms with Crippen molar-refractivity contribution < 1.29 is 23.8 Å². The molecule has 2 unspecified atom stereocenters. The normalized spacial score (nSPS) is 18.7. The van der Waals surface area contributed by atoms with Crippen molar-refractivity contribution in [2.24, 2.45) is 5.41 Å². The summed E-state index contributed by atoms with van der Waals surface area (Å²) in [5, 5.41) is 12.8. The van der Waals surface area contributed by atoms with Crippen LogP contribution in [0.3, 0.4) is 0 Å². The third-order valence-corrected chi connectivity index (χ3v) is 5.22. The molecule has 1 aromatic heterocycles. The minimum absolute atomic E-state index is 0.0698. The van der Waals surface area contributed by atoms with Gasteiger partial charge in [-0.2, -0.15) is 0 Å². The maximum Gasteiger partial charge on any atom is 0.315 e. The van der Waals surface area contributed by atoms with Crippen LogP contribution in [0.1, 0.15) is 23.7 Å². The van der Waals surface area contributed by atoms with Crippen LogP contribution in [-0.2, 0) is 4.79 Å². The minimum Gasteiger partial charge on any atom is -0.481 e. The largest absolute Gasteiger partial charge is 0.481 e. The van der Waals surface area contributed by atoms with Crippen molar-refractivity contribution in [3.05, 3.63) is 76.2 Å². The SMILES string of the molecule is CC(NC(=O)c1cc(Cl)cnc1Oc1ccc(Cl)cc1F)C1(C(=O)O)C=CC=CC1. The second kappa shape index (κ2) is 8.85. The number of hydrogen-bond acceptors (Lipinski definition) is 4. The molecule has 2 atom stereocenters. The molecule has 0 saturated carbocycles. The fraction of sp³-hybridized carbons (Fsp3) is 0.190. The number of carboxylic acids is 1. The van der Waals surface area contributed by atoms with Crippen LogP contribution >= 0.6 is 23.2 Å². The van der Waals surface area contributed by atoms with Crippen LogP contribution in [0.15, 0.2) is 54.8 Å². The molecule has 9 heteroatoms. The van der Waals surface area contributed by atoms with Gasteiger partial charge >= 0.3 is 5.97 Å². The van der Waals surface area contributed by atoms with Gasteiger partial charge < -0.3 is 15.2 Å². The quantitative estimate of drug-likeness (QED) is 0.644. The van der Waals surface area contributed by atoms with Gasteiger partial charge in [0.05, 0.1) is 5.02 Å².